The fourth-order valence-corrected chi connectivity index (χ4v) is 4.76. The van der Waals surface area contributed by atoms with Gasteiger partial charge in [0, 0.05) is 19.0 Å². The number of pyridine rings is 1. The molecule has 13 heteroatoms. The lowest BCUT2D eigenvalue weighted by molar-refractivity contribution is -0.215. The first-order valence-corrected chi connectivity index (χ1v) is 12.6. The zero-order valence-electron chi connectivity index (χ0n) is 22.5. The van der Waals surface area contributed by atoms with Gasteiger partial charge in [0.25, 0.3) is 5.56 Å². The van der Waals surface area contributed by atoms with Crippen molar-refractivity contribution in [1.29, 1.82) is 5.26 Å². The Morgan fingerprint density at radius 3 is 2.55 bits per heavy atom. The van der Waals surface area contributed by atoms with E-state index in [1.54, 1.807) is 31.5 Å². The Balaban J connectivity index is 1.67. The van der Waals surface area contributed by atoms with Gasteiger partial charge in [0.15, 0.2) is 18.0 Å². The van der Waals surface area contributed by atoms with Crippen molar-refractivity contribution in [2.75, 3.05) is 19.0 Å². The second kappa shape index (κ2) is 10.9. The standard InChI is InChI=1S/C27H30F3N5O5/c1-25(2,3)40-24(37)19-9-11-26(12-13-31,15-39-19)35-18-10-14-32-23(36)20(18)22(34-35)33-17-7-5-16(6-8-17)21(38-4)27(28,29)30/h5-8,10,14,19,21H,9,11-12,15H2,1-4H3,(H,32,36)(H,33,34)/t19-,21?,26-/m0/s1. The van der Waals surface area contributed by atoms with E-state index in [4.69, 9.17) is 9.47 Å². The number of fused-ring (bicyclic) bond motifs is 1. The number of H-pyrrole nitrogens is 1. The molecule has 0 saturated carbocycles. The number of rotatable bonds is 7. The maximum absolute atomic E-state index is 13.2. The summed E-state index contributed by atoms with van der Waals surface area (Å²) in [7, 11) is 0.983. The summed E-state index contributed by atoms with van der Waals surface area (Å²) in [6, 6.07) is 9.21. The number of nitriles is 1. The molecule has 0 spiro atoms. The molecule has 2 aromatic heterocycles. The number of aromatic amines is 1. The first-order valence-electron chi connectivity index (χ1n) is 12.6. The molecule has 40 heavy (non-hydrogen) atoms. The van der Waals surface area contributed by atoms with Gasteiger partial charge in [-0.3, -0.25) is 9.48 Å². The van der Waals surface area contributed by atoms with Crippen molar-refractivity contribution < 1.29 is 32.2 Å². The van der Waals surface area contributed by atoms with Crippen LogP contribution in [0.3, 0.4) is 0 Å². The summed E-state index contributed by atoms with van der Waals surface area (Å²) in [5.41, 5.74) is -1.39. The summed E-state index contributed by atoms with van der Waals surface area (Å²) < 4.78 is 57.2. The van der Waals surface area contributed by atoms with Crippen LogP contribution in [-0.2, 0) is 24.5 Å². The molecular weight excluding hydrogens is 531 g/mol. The van der Waals surface area contributed by atoms with Gasteiger partial charge >= 0.3 is 12.1 Å². The Bertz CT molecular complexity index is 1460. The number of nitrogens with zero attached hydrogens (tertiary/aromatic N) is 3. The summed E-state index contributed by atoms with van der Waals surface area (Å²) >= 11 is 0. The van der Waals surface area contributed by atoms with Crippen molar-refractivity contribution in [3.8, 4) is 6.07 Å². The highest BCUT2D eigenvalue weighted by Crippen LogP contribution is 2.38. The second-order valence-corrected chi connectivity index (χ2v) is 10.7. The normalized spacial score (nSPS) is 20.6. The number of carbonyl (C=O) groups is 1. The predicted molar refractivity (Wildman–Crippen MR) is 139 cm³/mol. The van der Waals surface area contributed by atoms with Crippen LogP contribution >= 0.6 is 0 Å². The molecule has 3 heterocycles. The fraction of sp³-hybridized carbons (Fsp3) is 0.481. The van der Waals surface area contributed by atoms with E-state index in [1.165, 1.54) is 30.5 Å². The molecule has 1 fully saturated rings. The van der Waals surface area contributed by atoms with E-state index in [0.717, 1.165) is 7.11 Å². The molecule has 10 nitrogen and oxygen atoms in total. The average molecular weight is 562 g/mol. The molecule has 0 radical (unpaired) electrons. The third kappa shape index (κ3) is 5.97. The monoisotopic (exact) mass is 561 g/mol. The number of esters is 1. The van der Waals surface area contributed by atoms with E-state index < -0.39 is 41.1 Å². The smallest absolute Gasteiger partial charge is 0.418 e. The van der Waals surface area contributed by atoms with Gasteiger partial charge in [0.1, 0.15) is 11.0 Å². The molecule has 1 unspecified atom stereocenters. The molecule has 2 N–H and O–H groups in total. The molecule has 1 aliphatic heterocycles. The lowest BCUT2D eigenvalue weighted by atomic mass is 9.87. The van der Waals surface area contributed by atoms with Crippen LogP contribution in [0.25, 0.3) is 10.9 Å². The SMILES string of the molecule is COC(c1ccc(Nc2nn([C@]3(CC#N)CC[C@@H](C(=O)OC(C)(C)C)OC3)c3cc[nH]c(=O)c23)cc1)C(F)(F)F. The molecule has 1 aliphatic rings. The number of hydrogen-bond acceptors (Lipinski definition) is 8. The Morgan fingerprint density at radius 2 is 2.00 bits per heavy atom. The van der Waals surface area contributed by atoms with Crippen LogP contribution in [0.15, 0.2) is 41.3 Å². The van der Waals surface area contributed by atoms with Gasteiger partial charge in [-0.05, 0) is 57.4 Å². The van der Waals surface area contributed by atoms with E-state index in [0.29, 0.717) is 17.6 Å². The maximum atomic E-state index is 13.2. The molecule has 1 saturated heterocycles. The van der Waals surface area contributed by atoms with E-state index in [-0.39, 0.29) is 36.2 Å². The topological polar surface area (TPSA) is 131 Å². The van der Waals surface area contributed by atoms with Crippen molar-refractivity contribution in [1.82, 2.24) is 14.8 Å². The number of benzene rings is 1. The minimum absolute atomic E-state index is 0.0123. The van der Waals surface area contributed by atoms with Gasteiger partial charge in [-0.2, -0.15) is 23.5 Å². The molecule has 1 aromatic carbocycles. The van der Waals surface area contributed by atoms with E-state index in [1.807, 2.05) is 0 Å². The van der Waals surface area contributed by atoms with Crippen LogP contribution in [0.2, 0.25) is 0 Å². The number of carbonyl (C=O) groups excluding carboxylic acids is 1. The number of aromatic nitrogens is 3. The van der Waals surface area contributed by atoms with Crippen molar-refractivity contribution in [3.63, 3.8) is 0 Å². The van der Waals surface area contributed by atoms with Crippen molar-refractivity contribution in [2.24, 2.45) is 0 Å². The first-order chi connectivity index (χ1) is 18.8. The van der Waals surface area contributed by atoms with Crippen LogP contribution in [0.5, 0.6) is 0 Å². The number of hydrogen-bond donors (Lipinski definition) is 2. The predicted octanol–water partition coefficient (Wildman–Crippen LogP) is 4.85. The van der Waals surface area contributed by atoms with Gasteiger partial charge < -0.3 is 24.5 Å². The summed E-state index contributed by atoms with van der Waals surface area (Å²) in [6.07, 6.45) is -5.40. The lowest BCUT2D eigenvalue weighted by Crippen LogP contribution is -2.47. The summed E-state index contributed by atoms with van der Waals surface area (Å²) in [4.78, 5) is 28.0. The van der Waals surface area contributed by atoms with Gasteiger partial charge in [-0.15, -0.1) is 0 Å². The zero-order valence-corrected chi connectivity index (χ0v) is 22.5. The Kier molecular flexibility index (Phi) is 7.96. The highest BCUT2D eigenvalue weighted by Gasteiger charge is 2.43. The van der Waals surface area contributed by atoms with Crippen LogP contribution in [0, 0.1) is 11.3 Å². The number of alkyl halides is 3. The number of anilines is 2. The van der Waals surface area contributed by atoms with Gasteiger partial charge in [-0.25, -0.2) is 4.79 Å². The van der Waals surface area contributed by atoms with Crippen molar-refractivity contribution in [3.05, 3.63) is 52.4 Å². The zero-order chi connectivity index (χ0) is 29.3. The molecule has 4 rings (SSSR count). The van der Waals surface area contributed by atoms with Crippen molar-refractivity contribution in [2.45, 2.75) is 69.6 Å². The van der Waals surface area contributed by atoms with Gasteiger partial charge in [0.05, 0.1) is 30.2 Å². The molecular formula is C27H30F3N5O5. The fourth-order valence-electron chi connectivity index (χ4n) is 4.76. The summed E-state index contributed by atoms with van der Waals surface area (Å²) in [6.45, 7) is 5.25. The number of nitrogens with one attached hydrogen (secondary N) is 2. The van der Waals surface area contributed by atoms with E-state index >= 15 is 0 Å². The Morgan fingerprint density at radius 1 is 1.30 bits per heavy atom. The molecule has 0 bridgehead atoms. The minimum atomic E-state index is -4.58. The Labute approximate surface area is 228 Å². The highest BCUT2D eigenvalue weighted by molar-refractivity contribution is 5.91. The summed E-state index contributed by atoms with van der Waals surface area (Å²) in [5.74, 6) is -0.345. The second-order valence-electron chi connectivity index (χ2n) is 10.7. The van der Waals surface area contributed by atoms with Gasteiger partial charge in [0.2, 0.25) is 0 Å². The number of halogens is 3. The number of ether oxygens (including phenoxy) is 3. The summed E-state index contributed by atoms with van der Waals surface area (Å²) in [5, 5.41) is 17.5. The highest BCUT2D eigenvalue weighted by atomic mass is 19.4. The van der Waals surface area contributed by atoms with E-state index in [9.17, 15) is 28.0 Å². The largest absolute Gasteiger partial charge is 0.458 e. The molecule has 3 aromatic rings. The van der Waals surface area contributed by atoms with Crippen LogP contribution in [0.4, 0.5) is 24.7 Å². The van der Waals surface area contributed by atoms with Crippen LogP contribution in [0.1, 0.15) is 51.7 Å². The lowest BCUT2D eigenvalue weighted by Gasteiger charge is -2.39. The third-order valence-corrected chi connectivity index (χ3v) is 6.57. The minimum Gasteiger partial charge on any atom is -0.458 e. The molecule has 0 amide bonds. The molecule has 214 valence electrons. The van der Waals surface area contributed by atoms with Crippen LogP contribution < -0.4 is 10.9 Å². The third-order valence-electron chi connectivity index (χ3n) is 6.57. The quantitative estimate of drug-likeness (QED) is 0.392. The Hall–Kier alpha value is -3.89. The van der Waals surface area contributed by atoms with E-state index in [2.05, 4.69) is 26.2 Å². The van der Waals surface area contributed by atoms with Crippen molar-refractivity contribution >= 4 is 28.4 Å². The molecule has 0 aliphatic carbocycles. The first kappa shape index (κ1) is 29.1. The van der Waals surface area contributed by atoms with Gasteiger partial charge in [-0.1, -0.05) is 12.1 Å². The molecule has 3 atom stereocenters. The number of methoxy groups -OCH3 is 1. The maximum Gasteiger partial charge on any atom is 0.418 e. The van der Waals surface area contributed by atoms with Crippen LogP contribution in [-0.4, -0.2) is 52.3 Å². The average Bonchev–Trinajstić information content (AvgIpc) is 3.24.